The Morgan fingerprint density at radius 3 is 2.67 bits per heavy atom. The van der Waals surface area contributed by atoms with E-state index in [2.05, 4.69) is 31.3 Å². The summed E-state index contributed by atoms with van der Waals surface area (Å²) in [6, 6.07) is 8.88. The van der Waals surface area contributed by atoms with Crippen molar-refractivity contribution in [2.45, 2.75) is 45.6 Å². The molecule has 2 heteroatoms. The Labute approximate surface area is 116 Å². The molecular formula is C16H24ClN. The Bertz CT molecular complexity index is 375. The van der Waals surface area contributed by atoms with Crippen molar-refractivity contribution in [2.24, 2.45) is 11.8 Å². The van der Waals surface area contributed by atoms with E-state index < -0.39 is 0 Å². The molecule has 0 bridgehead atoms. The topological polar surface area (TPSA) is 12.0 Å². The number of halogens is 1. The lowest BCUT2D eigenvalue weighted by Crippen LogP contribution is -2.31. The van der Waals surface area contributed by atoms with Crippen LogP contribution in [-0.4, -0.2) is 12.6 Å². The maximum absolute atomic E-state index is 6.26. The molecule has 1 aliphatic carbocycles. The Kier molecular flexibility index (Phi) is 5.08. The first-order valence-electron chi connectivity index (χ1n) is 7.13. The van der Waals surface area contributed by atoms with Crippen molar-refractivity contribution in [3.05, 3.63) is 34.9 Å². The van der Waals surface area contributed by atoms with Crippen LogP contribution in [0.4, 0.5) is 0 Å². The van der Waals surface area contributed by atoms with E-state index in [-0.39, 0.29) is 0 Å². The van der Waals surface area contributed by atoms with Crippen LogP contribution in [0, 0.1) is 11.8 Å². The van der Waals surface area contributed by atoms with Crippen molar-refractivity contribution in [3.8, 4) is 0 Å². The minimum atomic E-state index is 0.589. The highest BCUT2D eigenvalue weighted by Gasteiger charge is 2.27. The van der Waals surface area contributed by atoms with E-state index in [1.807, 2.05) is 12.1 Å². The first kappa shape index (κ1) is 13.9. The first-order valence-corrected chi connectivity index (χ1v) is 7.51. The summed E-state index contributed by atoms with van der Waals surface area (Å²) in [5, 5.41) is 4.52. The van der Waals surface area contributed by atoms with Crippen LogP contribution in [0.25, 0.3) is 0 Å². The summed E-state index contributed by atoms with van der Waals surface area (Å²) < 4.78 is 0. The zero-order valence-electron chi connectivity index (χ0n) is 11.5. The van der Waals surface area contributed by atoms with Gasteiger partial charge in [-0.15, -0.1) is 0 Å². The quantitative estimate of drug-likeness (QED) is 0.837. The second-order valence-electron chi connectivity index (χ2n) is 5.81. The van der Waals surface area contributed by atoms with Gasteiger partial charge in [-0.05, 0) is 49.3 Å². The third-order valence-corrected chi connectivity index (χ3v) is 4.41. The average molecular weight is 266 g/mol. The molecule has 1 aromatic rings. The van der Waals surface area contributed by atoms with Gasteiger partial charge in [0.25, 0.3) is 0 Å². The summed E-state index contributed by atoms with van der Waals surface area (Å²) >= 11 is 6.26. The van der Waals surface area contributed by atoms with Gasteiger partial charge in [-0.3, -0.25) is 0 Å². The van der Waals surface area contributed by atoms with Crippen molar-refractivity contribution in [1.29, 1.82) is 0 Å². The number of nitrogens with one attached hydrogen (secondary N) is 1. The Morgan fingerprint density at radius 1 is 1.22 bits per heavy atom. The van der Waals surface area contributed by atoms with Crippen molar-refractivity contribution in [3.63, 3.8) is 0 Å². The summed E-state index contributed by atoms with van der Waals surface area (Å²) in [7, 11) is 0. The standard InChI is InChI=1S/C16H24ClN/c1-12(2)18-11-15-8-5-7-13(15)10-14-6-3-4-9-16(14)17/h3-4,6,9,12-13,15,18H,5,7-8,10-11H2,1-2H3. The van der Waals surface area contributed by atoms with Gasteiger partial charge in [0.15, 0.2) is 0 Å². The van der Waals surface area contributed by atoms with Gasteiger partial charge in [-0.2, -0.15) is 0 Å². The van der Waals surface area contributed by atoms with Crippen LogP contribution in [0.2, 0.25) is 5.02 Å². The molecule has 0 spiro atoms. The number of hydrogen-bond donors (Lipinski definition) is 1. The molecule has 1 nitrogen and oxygen atoms in total. The fraction of sp³-hybridized carbons (Fsp3) is 0.625. The van der Waals surface area contributed by atoms with Crippen LogP contribution in [0.15, 0.2) is 24.3 Å². The van der Waals surface area contributed by atoms with Crippen LogP contribution < -0.4 is 5.32 Å². The fourth-order valence-electron chi connectivity index (χ4n) is 2.98. The van der Waals surface area contributed by atoms with Gasteiger partial charge in [-0.25, -0.2) is 0 Å². The first-order chi connectivity index (χ1) is 8.66. The predicted octanol–water partition coefficient (Wildman–Crippen LogP) is 4.30. The molecule has 1 aromatic carbocycles. The SMILES string of the molecule is CC(C)NCC1CCCC1Cc1ccccc1Cl. The van der Waals surface area contributed by atoms with Crippen LogP contribution in [0.5, 0.6) is 0 Å². The largest absolute Gasteiger partial charge is 0.314 e. The molecule has 0 saturated heterocycles. The van der Waals surface area contributed by atoms with Gasteiger partial charge in [0.05, 0.1) is 0 Å². The van der Waals surface area contributed by atoms with Crippen molar-refractivity contribution >= 4 is 11.6 Å². The van der Waals surface area contributed by atoms with Crippen molar-refractivity contribution < 1.29 is 0 Å². The summed E-state index contributed by atoms with van der Waals surface area (Å²) in [4.78, 5) is 0. The second kappa shape index (κ2) is 6.58. The summed E-state index contributed by atoms with van der Waals surface area (Å²) in [5.41, 5.74) is 1.32. The van der Waals surface area contributed by atoms with Gasteiger partial charge >= 0.3 is 0 Å². The van der Waals surface area contributed by atoms with Crippen LogP contribution in [0.3, 0.4) is 0 Å². The van der Waals surface area contributed by atoms with E-state index in [4.69, 9.17) is 11.6 Å². The maximum Gasteiger partial charge on any atom is 0.0438 e. The number of benzene rings is 1. The monoisotopic (exact) mass is 265 g/mol. The zero-order chi connectivity index (χ0) is 13.0. The molecule has 0 radical (unpaired) electrons. The molecule has 0 amide bonds. The molecule has 1 N–H and O–H groups in total. The lowest BCUT2D eigenvalue weighted by molar-refractivity contribution is 0.354. The van der Waals surface area contributed by atoms with Gasteiger partial charge in [0, 0.05) is 11.1 Å². The Balaban J connectivity index is 1.93. The predicted molar refractivity (Wildman–Crippen MR) is 79.1 cm³/mol. The van der Waals surface area contributed by atoms with E-state index in [9.17, 15) is 0 Å². The molecule has 1 aliphatic rings. The van der Waals surface area contributed by atoms with E-state index in [0.29, 0.717) is 6.04 Å². The smallest absolute Gasteiger partial charge is 0.0438 e. The molecule has 0 heterocycles. The fourth-order valence-corrected chi connectivity index (χ4v) is 3.20. The zero-order valence-corrected chi connectivity index (χ0v) is 12.2. The van der Waals surface area contributed by atoms with Crippen LogP contribution >= 0.6 is 11.6 Å². The molecule has 2 rings (SSSR count). The highest BCUT2D eigenvalue weighted by molar-refractivity contribution is 6.31. The van der Waals surface area contributed by atoms with E-state index in [0.717, 1.165) is 29.8 Å². The highest BCUT2D eigenvalue weighted by atomic mass is 35.5. The molecule has 100 valence electrons. The normalized spacial score (nSPS) is 23.8. The number of hydrogen-bond acceptors (Lipinski definition) is 1. The van der Waals surface area contributed by atoms with Gasteiger partial charge in [-0.1, -0.05) is 50.1 Å². The minimum Gasteiger partial charge on any atom is -0.314 e. The lowest BCUT2D eigenvalue weighted by Gasteiger charge is -2.22. The molecule has 2 atom stereocenters. The molecule has 0 aliphatic heterocycles. The third-order valence-electron chi connectivity index (χ3n) is 4.04. The summed E-state index contributed by atoms with van der Waals surface area (Å²) in [5.74, 6) is 1.62. The maximum atomic E-state index is 6.26. The molecule has 1 saturated carbocycles. The van der Waals surface area contributed by atoms with Crippen molar-refractivity contribution in [1.82, 2.24) is 5.32 Å². The van der Waals surface area contributed by atoms with Crippen molar-refractivity contribution in [2.75, 3.05) is 6.54 Å². The molecule has 18 heavy (non-hydrogen) atoms. The Morgan fingerprint density at radius 2 is 1.94 bits per heavy atom. The average Bonchev–Trinajstić information content (AvgIpc) is 2.77. The van der Waals surface area contributed by atoms with Gasteiger partial charge in [0.1, 0.15) is 0 Å². The second-order valence-corrected chi connectivity index (χ2v) is 6.22. The van der Waals surface area contributed by atoms with Crippen LogP contribution in [0.1, 0.15) is 38.7 Å². The third kappa shape index (κ3) is 3.73. The Hall–Kier alpha value is -0.530. The molecular weight excluding hydrogens is 242 g/mol. The number of rotatable bonds is 5. The summed E-state index contributed by atoms with van der Waals surface area (Å²) in [6.07, 6.45) is 5.24. The van der Waals surface area contributed by atoms with E-state index in [1.54, 1.807) is 0 Å². The lowest BCUT2D eigenvalue weighted by atomic mass is 9.89. The molecule has 2 unspecified atom stereocenters. The van der Waals surface area contributed by atoms with Gasteiger partial charge < -0.3 is 5.32 Å². The van der Waals surface area contributed by atoms with E-state index >= 15 is 0 Å². The highest BCUT2D eigenvalue weighted by Crippen LogP contribution is 2.35. The summed E-state index contributed by atoms with van der Waals surface area (Å²) in [6.45, 7) is 5.60. The molecule has 0 aromatic heterocycles. The van der Waals surface area contributed by atoms with Crippen LogP contribution in [-0.2, 0) is 6.42 Å². The minimum absolute atomic E-state index is 0.589. The van der Waals surface area contributed by atoms with E-state index in [1.165, 1.54) is 24.8 Å². The molecule has 1 fully saturated rings. The van der Waals surface area contributed by atoms with Gasteiger partial charge in [0.2, 0.25) is 0 Å².